The van der Waals surface area contributed by atoms with E-state index in [-0.39, 0.29) is 0 Å². The molecule has 0 saturated carbocycles. The topological polar surface area (TPSA) is 46.5 Å². The molecule has 0 radical (unpaired) electrons. The smallest absolute Gasteiger partial charge is 0.310 e. The van der Waals surface area contributed by atoms with E-state index in [1.807, 2.05) is 24.3 Å². The lowest BCUT2D eigenvalue weighted by atomic mass is 10.0. The van der Waals surface area contributed by atoms with Crippen molar-refractivity contribution in [3.8, 4) is 0 Å². The van der Waals surface area contributed by atoms with Crippen LogP contribution in [0, 0.1) is 0 Å². The third-order valence-corrected chi connectivity index (χ3v) is 2.76. The molecular weight excluding hydrogens is 216 g/mol. The monoisotopic (exact) mass is 236 g/mol. The number of unbranched alkanes of at least 4 members (excludes halogenated alkanes) is 1. The summed E-state index contributed by atoms with van der Waals surface area (Å²) in [7, 11) is 0. The maximum absolute atomic E-state index is 10.8. The number of aliphatic carboxylic acids is 1. The lowest BCUT2D eigenvalue weighted by Gasteiger charge is -2.08. The SMILES string of the molecule is CCCCOCc1ccc(C(C)C(=O)O)cc1. The highest BCUT2D eigenvalue weighted by atomic mass is 16.5. The molecule has 1 N–H and O–H groups in total. The molecule has 1 atom stereocenters. The zero-order valence-corrected chi connectivity index (χ0v) is 10.5. The van der Waals surface area contributed by atoms with Gasteiger partial charge < -0.3 is 9.84 Å². The summed E-state index contributed by atoms with van der Waals surface area (Å²) >= 11 is 0. The molecule has 0 aromatic heterocycles. The van der Waals surface area contributed by atoms with Gasteiger partial charge in [0, 0.05) is 6.61 Å². The highest BCUT2D eigenvalue weighted by Gasteiger charge is 2.12. The molecule has 3 nitrogen and oxygen atoms in total. The van der Waals surface area contributed by atoms with Gasteiger partial charge in [-0.25, -0.2) is 0 Å². The van der Waals surface area contributed by atoms with Crippen molar-refractivity contribution < 1.29 is 14.6 Å². The molecular formula is C14H20O3. The summed E-state index contributed by atoms with van der Waals surface area (Å²) in [5.74, 6) is -1.25. The predicted molar refractivity (Wildman–Crippen MR) is 67.1 cm³/mol. The molecule has 0 bridgehead atoms. The van der Waals surface area contributed by atoms with Gasteiger partial charge in [-0.1, -0.05) is 37.6 Å². The maximum Gasteiger partial charge on any atom is 0.310 e. The lowest BCUT2D eigenvalue weighted by Crippen LogP contribution is -2.07. The van der Waals surface area contributed by atoms with Crippen molar-refractivity contribution in [2.45, 2.75) is 39.2 Å². The van der Waals surface area contributed by atoms with Crippen molar-refractivity contribution in [1.29, 1.82) is 0 Å². The van der Waals surface area contributed by atoms with Crippen LogP contribution in [0.15, 0.2) is 24.3 Å². The zero-order valence-electron chi connectivity index (χ0n) is 10.5. The molecule has 0 aliphatic heterocycles. The van der Waals surface area contributed by atoms with Gasteiger partial charge in [-0.3, -0.25) is 4.79 Å². The van der Waals surface area contributed by atoms with Gasteiger partial charge >= 0.3 is 5.97 Å². The molecule has 1 aromatic rings. The molecule has 94 valence electrons. The second kappa shape index (κ2) is 7.07. The van der Waals surface area contributed by atoms with Crippen LogP contribution in [0.4, 0.5) is 0 Å². The van der Waals surface area contributed by atoms with Gasteiger partial charge in [-0.05, 0) is 24.5 Å². The fourth-order valence-corrected chi connectivity index (χ4v) is 1.48. The minimum absolute atomic E-state index is 0.454. The molecule has 17 heavy (non-hydrogen) atoms. The average Bonchev–Trinajstić information content (AvgIpc) is 2.34. The van der Waals surface area contributed by atoms with Gasteiger partial charge in [0.2, 0.25) is 0 Å². The Labute approximate surface area is 102 Å². The van der Waals surface area contributed by atoms with E-state index in [1.54, 1.807) is 6.92 Å². The summed E-state index contributed by atoms with van der Waals surface area (Å²) in [6, 6.07) is 7.58. The van der Waals surface area contributed by atoms with E-state index < -0.39 is 11.9 Å². The van der Waals surface area contributed by atoms with Gasteiger partial charge in [0.15, 0.2) is 0 Å². The fraction of sp³-hybridized carbons (Fsp3) is 0.500. The first kappa shape index (κ1) is 13.7. The molecule has 0 amide bonds. The number of benzene rings is 1. The summed E-state index contributed by atoms with van der Waals surface area (Å²) in [5, 5.41) is 8.88. The second-order valence-electron chi connectivity index (χ2n) is 4.21. The summed E-state index contributed by atoms with van der Waals surface area (Å²) in [4.78, 5) is 10.8. The number of ether oxygens (including phenoxy) is 1. The molecule has 1 rings (SSSR count). The van der Waals surface area contributed by atoms with Crippen LogP contribution >= 0.6 is 0 Å². The molecule has 1 unspecified atom stereocenters. The largest absolute Gasteiger partial charge is 0.481 e. The Morgan fingerprint density at radius 2 is 2.00 bits per heavy atom. The zero-order chi connectivity index (χ0) is 12.7. The Morgan fingerprint density at radius 1 is 1.35 bits per heavy atom. The second-order valence-corrected chi connectivity index (χ2v) is 4.21. The number of carboxylic acids is 1. The third-order valence-electron chi connectivity index (χ3n) is 2.76. The van der Waals surface area contributed by atoms with Crippen LogP contribution in [0.5, 0.6) is 0 Å². The molecule has 3 heteroatoms. The van der Waals surface area contributed by atoms with Crippen molar-refractivity contribution >= 4 is 5.97 Å². The van der Waals surface area contributed by atoms with E-state index in [0.717, 1.165) is 30.6 Å². The predicted octanol–water partition coefficient (Wildman–Crippen LogP) is 3.19. The van der Waals surface area contributed by atoms with E-state index in [1.165, 1.54) is 0 Å². The molecule has 0 heterocycles. The molecule has 0 aliphatic rings. The van der Waals surface area contributed by atoms with Crippen molar-refractivity contribution in [2.24, 2.45) is 0 Å². The van der Waals surface area contributed by atoms with E-state index >= 15 is 0 Å². The molecule has 0 fully saturated rings. The first-order valence-corrected chi connectivity index (χ1v) is 6.04. The Bertz CT molecular complexity index is 343. The summed E-state index contributed by atoms with van der Waals surface area (Å²) < 4.78 is 5.49. The van der Waals surface area contributed by atoms with Crippen molar-refractivity contribution in [2.75, 3.05) is 6.61 Å². The van der Waals surface area contributed by atoms with Gasteiger partial charge in [0.1, 0.15) is 0 Å². The van der Waals surface area contributed by atoms with Crippen molar-refractivity contribution in [3.05, 3.63) is 35.4 Å². The Balaban J connectivity index is 2.47. The Hall–Kier alpha value is -1.35. The third kappa shape index (κ3) is 4.57. The fourth-order valence-electron chi connectivity index (χ4n) is 1.48. The summed E-state index contributed by atoms with van der Waals surface area (Å²) in [5.41, 5.74) is 1.91. The average molecular weight is 236 g/mol. The van der Waals surface area contributed by atoms with Crippen LogP contribution in [0.1, 0.15) is 43.7 Å². The standard InChI is InChI=1S/C14H20O3/c1-3-4-9-17-10-12-5-7-13(8-6-12)11(2)14(15)16/h5-8,11H,3-4,9-10H2,1-2H3,(H,15,16). The number of hydrogen-bond acceptors (Lipinski definition) is 2. The Morgan fingerprint density at radius 3 is 2.53 bits per heavy atom. The first-order chi connectivity index (χ1) is 8.15. The number of hydrogen-bond donors (Lipinski definition) is 1. The van der Waals surface area contributed by atoms with E-state index in [2.05, 4.69) is 6.92 Å². The number of carbonyl (C=O) groups is 1. The van der Waals surface area contributed by atoms with E-state index in [4.69, 9.17) is 9.84 Å². The summed E-state index contributed by atoms with van der Waals surface area (Å²) in [6.07, 6.45) is 2.21. The van der Waals surface area contributed by atoms with Crippen LogP contribution < -0.4 is 0 Å². The van der Waals surface area contributed by atoms with E-state index in [9.17, 15) is 4.79 Å². The van der Waals surface area contributed by atoms with Crippen LogP contribution in [0.25, 0.3) is 0 Å². The van der Waals surface area contributed by atoms with Gasteiger partial charge in [0.25, 0.3) is 0 Å². The number of rotatable bonds is 7. The molecule has 0 spiro atoms. The molecule has 0 aliphatic carbocycles. The van der Waals surface area contributed by atoms with Gasteiger partial charge in [-0.2, -0.15) is 0 Å². The normalized spacial score (nSPS) is 12.4. The van der Waals surface area contributed by atoms with Crippen LogP contribution in [-0.2, 0) is 16.1 Å². The lowest BCUT2D eigenvalue weighted by molar-refractivity contribution is -0.138. The first-order valence-electron chi connectivity index (χ1n) is 6.04. The van der Waals surface area contributed by atoms with Crippen LogP contribution in [-0.4, -0.2) is 17.7 Å². The van der Waals surface area contributed by atoms with Crippen molar-refractivity contribution in [1.82, 2.24) is 0 Å². The number of carboxylic acid groups (broad SMARTS) is 1. The van der Waals surface area contributed by atoms with E-state index in [0.29, 0.717) is 6.61 Å². The Kier molecular flexibility index (Phi) is 5.70. The quantitative estimate of drug-likeness (QED) is 0.739. The highest BCUT2D eigenvalue weighted by molar-refractivity contribution is 5.75. The van der Waals surface area contributed by atoms with Crippen molar-refractivity contribution in [3.63, 3.8) is 0 Å². The molecule has 1 aromatic carbocycles. The minimum atomic E-state index is -0.794. The van der Waals surface area contributed by atoms with Crippen LogP contribution in [0.2, 0.25) is 0 Å². The summed E-state index contributed by atoms with van der Waals surface area (Å²) in [6.45, 7) is 5.20. The molecule has 0 saturated heterocycles. The highest BCUT2D eigenvalue weighted by Crippen LogP contribution is 2.16. The van der Waals surface area contributed by atoms with Gasteiger partial charge in [0.05, 0.1) is 12.5 Å². The maximum atomic E-state index is 10.8. The minimum Gasteiger partial charge on any atom is -0.481 e. The van der Waals surface area contributed by atoms with Gasteiger partial charge in [-0.15, -0.1) is 0 Å². The van der Waals surface area contributed by atoms with Crippen LogP contribution in [0.3, 0.4) is 0 Å².